The molecule has 1 atom stereocenters. The summed E-state index contributed by atoms with van der Waals surface area (Å²) in [6.07, 6.45) is 0. The van der Waals surface area contributed by atoms with Gasteiger partial charge in [0.25, 0.3) is 5.91 Å². The van der Waals surface area contributed by atoms with Crippen molar-refractivity contribution in [3.63, 3.8) is 0 Å². The van der Waals surface area contributed by atoms with Gasteiger partial charge in [0, 0.05) is 11.2 Å². The predicted molar refractivity (Wildman–Crippen MR) is 82.2 cm³/mol. The number of ether oxygens (including phenoxy) is 1. The number of anilines is 1. The summed E-state index contributed by atoms with van der Waals surface area (Å²) < 4.78 is 5.06. The zero-order chi connectivity index (χ0) is 16.2. The Labute approximate surface area is 125 Å². The van der Waals surface area contributed by atoms with Crippen molar-refractivity contribution in [1.29, 1.82) is 0 Å². The van der Waals surface area contributed by atoms with Crippen LogP contribution in [0.5, 0.6) is 5.75 Å². The van der Waals surface area contributed by atoms with Gasteiger partial charge in [0.05, 0.1) is 12.7 Å². The fourth-order valence-corrected chi connectivity index (χ4v) is 1.68. The molecule has 1 rings (SSSR count). The topological polar surface area (TPSA) is 93.4 Å². The van der Waals surface area contributed by atoms with Gasteiger partial charge in [0.1, 0.15) is 11.8 Å². The van der Waals surface area contributed by atoms with Crippen LogP contribution in [0.1, 0.15) is 38.1 Å². The van der Waals surface area contributed by atoms with E-state index in [9.17, 15) is 9.59 Å². The highest BCUT2D eigenvalue weighted by atomic mass is 16.5. The Morgan fingerprint density at radius 1 is 1.29 bits per heavy atom. The molecular formula is C15H23N3O3. The average molecular weight is 293 g/mol. The van der Waals surface area contributed by atoms with Crippen molar-refractivity contribution in [3.05, 3.63) is 23.8 Å². The third-order valence-corrected chi connectivity index (χ3v) is 2.74. The molecule has 0 saturated heterocycles. The van der Waals surface area contributed by atoms with Crippen LogP contribution >= 0.6 is 0 Å². The number of hydrogen-bond acceptors (Lipinski definition) is 4. The maximum Gasteiger partial charge on any atom is 0.254 e. The molecule has 1 aromatic rings. The number of methoxy groups -OCH3 is 1. The van der Waals surface area contributed by atoms with Crippen LogP contribution in [0.3, 0.4) is 0 Å². The summed E-state index contributed by atoms with van der Waals surface area (Å²) in [6, 6.07) is 4.14. The van der Waals surface area contributed by atoms with Crippen LogP contribution in [-0.2, 0) is 4.79 Å². The van der Waals surface area contributed by atoms with Gasteiger partial charge in [-0.2, -0.15) is 0 Å². The Balaban J connectivity index is 2.79. The van der Waals surface area contributed by atoms with Crippen molar-refractivity contribution < 1.29 is 14.3 Å². The number of nitrogen functional groups attached to an aromatic ring is 1. The average Bonchev–Trinajstić information content (AvgIpc) is 2.37. The number of amides is 2. The maximum atomic E-state index is 12.2. The van der Waals surface area contributed by atoms with E-state index in [0.29, 0.717) is 11.4 Å². The first-order valence-corrected chi connectivity index (χ1v) is 6.70. The minimum atomic E-state index is -0.665. The monoisotopic (exact) mass is 293 g/mol. The van der Waals surface area contributed by atoms with Crippen LogP contribution in [0.4, 0.5) is 5.69 Å². The fourth-order valence-electron chi connectivity index (χ4n) is 1.68. The molecule has 0 spiro atoms. The van der Waals surface area contributed by atoms with Crippen LogP contribution in [-0.4, -0.2) is 30.5 Å². The molecule has 0 aliphatic heterocycles. The molecule has 6 nitrogen and oxygen atoms in total. The lowest BCUT2D eigenvalue weighted by molar-refractivity contribution is -0.124. The summed E-state index contributed by atoms with van der Waals surface area (Å²) >= 11 is 0. The van der Waals surface area contributed by atoms with Crippen molar-refractivity contribution >= 4 is 17.5 Å². The number of nitrogens with one attached hydrogen (secondary N) is 2. The van der Waals surface area contributed by atoms with Gasteiger partial charge in [-0.1, -0.05) is 0 Å². The molecule has 0 aliphatic carbocycles. The van der Waals surface area contributed by atoms with Gasteiger partial charge in [-0.05, 0) is 45.9 Å². The molecule has 0 aliphatic rings. The van der Waals surface area contributed by atoms with Crippen LogP contribution < -0.4 is 21.1 Å². The van der Waals surface area contributed by atoms with Gasteiger partial charge in [-0.3, -0.25) is 9.59 Å². The second kappa shape index (κ2) is 6.47. The van der Waals surface area contributed by atoms with Gasteiger partial charge in [-0.15, -0.1) is 0 Å². The summed E-state index contributed by atoms with van der Waals surface area (Å²) in [7, 11) is 1.51. The van der Waals surface area contributed by atoms with E-state index in [4.69, 9.17) is 10.5 Å². The Morgan fingerprint density at radius 3 is 2.43 bits per heavy atom. The van der Waals surface area contributed by atoms with Crippen molar-refractivity contribution in [2.24, 2.45) is 0 Å². The Bertz CT molecular complexity index is 535. The predicted octanol–water partition coefficient (Wildman–Crippen LogP) is 1.31. The van der Waals surface area contributed by atoms with Gasteiger partial charge >= 0.3 is 0 Å². The van der Waals surface area contributed by atoms with E-state index >= 15 is 0 Å². The minimum absolute atomic E-state index is 0.252. The van der Waals surface area contributed by atoms with E-state index in [2.05, 4.69) is 10.6 Å². The molecule has 2 amide bonds. The van der Waals surface area contributed by atoms with Gasteiger partial charge in [-0.25, -0.2) is 0 Å². The van der Waals surface area contributed by atoms with E-state index in [1.165, 1.54) is 7.11 Å². The highest BCUT2D eigenvalue weighted by molar-refractivity contribution is 6.01. The largest absolute Gasteiger partial charge is 0.497 e. The third kappa shape index (κ3) is 4.98. The lowest BCUT2D eigenvalue weighted by atomic mass is 10.1. The molecule has 4 N–H and O–H groups in total. The molecule has 1 unspecified atom stereocenters. The van der Waals surface area contributed by atoms with Crippen LogP contribution in [0.15, 0.2) is 18.2 Å². The van der Waals surface area contributed by atoms with E-state index in [-0.39, 0.29) is 17.0 Å². The summed E-state index contributed by atoms with van der Waals surface area (Å²) in [5.41, 5.74) is 6.04. The number of carbonyl (C=O) groups is 2. The molecule has 6 heteroatoms. The molecule has 0 aromatic heterocycles. The summed E-state index contributed by atoms with van der Waals surface area (Å²) in [5.74, 6) is -0.138. The molecule has 1 aromatic carbocycles. The van der Waals surface area contributed by atoms with Crippen molar-refractivity contribution in [2.75, 3.05) is 12.8 Å². The molecule has 21 heavy (non-hydrogen) atoms. The highest BCUT2D eigenvalue weighted by Gasteiger charge is 2.22. The first-order valence-electron chi connectivity index (χ1n) is 6.70. The SMILES string of the molecule is COc1ccc(N)c(C(=O)NC(C)C(=O)NC(C)(C)C)c1. The summed E-state index contributed by atoms with van der Waals surface area (Å²) in [4.78, 5) is 24.1. The fraction of sp³-hybridized carbons (Fsp3) is 0.467. The first-order chi connectivity index (χ1) is 9.64. The van der Waals surface area contributed by atoms with Crippen molar-refractivity contribution in [2.45, 2.75) is 39.3 Å². The Hall–Kier alpha value is -2.24. The standard InChI is InChI=1S/C15H23N3O3/c1-9(13(19)18-15(2,3)4)17-14(20)11-8-10(21-5)6-7-12(11)16/h6-9H,16H2,1-5H3,(H,17,20)(H,18,19). The Morgan fingerprint density at radius 2 is 1.90 bits per heavy atom. The van der Waals surface area contributed by atoms with Crippen molar-refractivity contribution in [1.82, 2.24) is 10.6 Å². The lowest BCUT2D eigenvalue weighted by Crippen LogP contribution is -2.50. The van der Waals surface area contributed by atoms with Crippen molar-refractivity contribution in [3.8, 4) is 5.75 Å². The number of hydrogen-bond donors (Lipinski definition) is 3. The lowest BCUT2D eigenvalue weighted by Gasteiger charge is -2.23. The van der Waals surface area contributed by atoms with E-state index in [1.807, 2.05) is 20.8 Å². The number of benzene rings is 1. The zero-order valence-electron chi connectivity index (χ0n) is 13.1. The van der Waals surface area contributed by atoms with Crippen LogP contribution in [0.25, 0.3) is 0 Å². The summed E-state index contributed by atoms with van der Waals surface area (Å²) in [6.45, 7) is 7.24. The molecule has 116 valence electrons. The summed E-state index contributed by atoms with van der Waals surface area (Å²) in [5, 5.41) is 5.43. The normalized spacial score (nSPS) is 12.4. The molecule has 0 fully saturated rings. The Kier molecular flexibility index (Phi) is 5.18. The van der Waals surface area contributed by atoms with Gasteiger partial charge in [0.2, 0.25) is 5.91 Å². The molecule has 0 heterocycles. The van der Waals surface area contributed by atoms with E-state index in [1.54, 1.807) is 25.1 Å². The minimum Gasteiger partial charge on any atom is -0.497 e. The van der Waals surface area contributed by atoms with Crippen LogP contribution in [0, 0.1) is 0 Å². The third-order valence-electron chi connectivity index (χ3n) is 2.74. The first kappa shape index (κ1) is 16.8. The van der Waals surface area contributed by atoms with Gasteiger partial charge < -0.3 is 21.1 Å². The molecule has 0 saturated carbocycles. The number of nitrogens with two attached hydrogens (primary N) is 1. The second-order valence-electron chi connectivity index (χ2n) is 5.89. The van der Waals surface area contributed by atoms with Crippen LogP contribution in [0.2, 0.25) is 0 Å². The second-order valence-corrected chi connectivity index (χ2v) is 5.89. The molecule has 0 bridgehead atoms. The van der Waals surface area contributed by atoms with E-state index < -0.39 is 11.9 Å². The molecule has 0 radical (unpaired) electrons. The quantitative estimate of drug-likeness (QED) is 0.730. The highest BCUT2D eigenvalue weighted by Crippen LogP contribution is 2.19. The molecular weight excluding hydrogens is 270 g/mol. The number of carbonyl (C=O) groups excluding carboxylic acids is 2. The van der Waals surface area contributed by atoms with Gasteiger partial charge in [0.15, 0.2) is 0 Å². The number of rotatable bonds is 4. The smallest absolute Gasteiger partial charge is 0.254 e. The van der Waals surface area contributed by atoms with E-state index in [0.717, 1.165) is 0 Å². The maximum absolute atomic E-state index is 12.2. The zero-order valence-corrected chi connectivity index (χ0v) is 13.1.